The lowest BCUT2D eigenvalue weighted by molar-refractivity contribution is -0.0366. The Bertz CT molecular complexity index is 923. The van der Waals surface area contributed by atoms with E-state index in [1.54, 1.807) is 24.4 Å². The van der Waals surface area contributed by atoms with Crippen LogP contribution in [0.1, 0.15) is 27.9 Å². The summed E-state index contributed by atoms with van der Waals surface area (Å²) in [7, 11) is 0. The first kappa shape index (κ1) is 17.5. The molecule has 0 amide bonds. The van der Waals surface area contributed by atoms with Crippen LogP contribution in [0.25, 0.3) is 11.3 Å². The van der Waals surface area contributed by atoms with Crippen molar-refractivity contribution in [2.45, 2.75) is 12.6 Å². The van der Waals surface area contributed by atoms with Gasteiger partial charge in [0.15, 0.2) is 0 Å². The third-order valence-electron chi connectivity index (χ3n) is 4.63. The van der Waals surface area contributed by atoms with Gasteiger partial charge in [0, 0.05) is 24.8 Å². The monoisotopic (exact) mass is 364 g/mol. The molecule has 1 aliphatic heterocycles. The average Bonchev–Trinajstić information content (AvgIpc) is 3.17. The van der Waals surface area contributed by atoms with Crippen LogP contribution in [-0.4, -0.2) is 40.7 Å². The van der Waals surface area contributed by atoms with Gasteiger partial charge in [-0.2, -0.15) is 0 Å². The van der Waals surface area contributed by atoms with Gasteiger partial charge in [-0.3, -0.25) is 9.88 Å². The van der Waals surface area contributed by atoms with E-state index in [1.807, 2.05) is 36.4 Å². The molecular formula is C21H20N2O4. The number of aromatic carboxylic acids is 1. The Morgan fingerprint density at radius 3 is 2.81 bits per heavy atom. The standard InChI is InChI=1S/C21H20N2O4/c24-21(25)17-6-2-1-5-16(17)19-9-8-15(27-19)13-23-11-12-26-20(14-23)18-7-3-4-10-22-18/h1-10,20H,11-14H2,(H,24,25). The number of rotatable bonds is 5. The second-order valence-corrected chi connectivity index (χ2v) is 6.47. The van der Waals surface area contributed by atoms with Gasteiger partial charge in [0.25, 0.3) is 0 Å². The quantitative estimate of drug-likeness (QED) is 0.745. The molecule has 1 atom stereocenters. The molecule has 0 spiro atoms. The van der Waals surface area contributed by atoms with Crippen LogP contribution in [0, 0.1) is 0 Å². The Kier molecular flexibility index (Phi) is 5.00. The van der Waals surface area contributed by atoms with E-state index in [-0.39, 0.29) is 11.7 Å². The molecule has 27 heavy (non-hydrogen) atoms. The number of hydrogen-bond acceptors (Lipinski definition) is 5. The second-order valence-electron chi connectivity index (χ2n) is 6.47. The largest absolute Gasteiger partial charge is 0.478 e. The minimum absolute atomic E-state index is 0.0536. The van der Waals surface area contributed by atoms with Gasteiger partial charge in [-0.1, -0.05) is 24.3 Å². The van der Waals surface area contributed by atoms with Crippen molar-refractivity contribution >= 4 is 5.97 Å². The molecule has 1 aliphatic rings. The van der Waals surface area contributed by atoms with Gasteiger partial charge < -0.3 is 14.3 Å². The van der Waals surface area contributed by atoms with Gasteiger partial charge in [0.2, 0.25) is 0 Å². The van der Waals surface area contributed by atoms with Crippen LogP contribution in [0.5, 0.6) is 0 Å². The van der Waals surface area contributed by atoms with E-state index < -0.39 is 5.97 Å². The first-order chi connectivity index (χ1) is 13.2. The van der Waals surface area contributed by atoms with E-state index in [9.17, 15) is 9.90 Å². The first-order valence-electron chi connectivity index (χ1n) is 8.87. The number of carboxylic acid groups (broad SMARTS) is 1. The molecule has 3 heterocycles. The first-order valence-corrected chi connectivity index (χ1v) is 8.87. The summed E-state index contributed by atoms with van der Waals surface area (Å²) >= 11 is 0. The van der Waals surface area contributed by atoms with Crippen molar-refractivity contribution in [1.82, 2.24) is 9.88 Å². The van der Waals surface area contributed by atoms with Gasteiger partial charge in [0.1, 0.15) is 17.6 Å². The van der Waals surface area contributed by atoms with Crippen LogP contribution in [0.15, 0.2) is 65.2 Å². The number of benzene rings is 1. The summed E-state index contributed by atoms with van der Waals surface area (Å²) in [6.45, 7) is 2.82. The average molecular weight is 364 g/mol. The van der Waals surface area contributed by atoms with Crippen molar-refractivity contribution in [3.8, 4) is 11.3 Å². The number of carbonyl (C=O) groups is 1. The summed E-state index contributed by atoms with van der Waals surface area (Å²) in [4.78, 5) is 18.1. The lowest BCUT2D eigenvalue weighted by atomic mass is 10.1. The molecule has 0 bridgehead atoms. The maximum Gasteiger partial charge on any atom is 0.336 e. The van der Waals surface area contributed by atoms with Crippen LogP contribution in [0.4, 0.5) is 0 Å². The molecule has 1 aromatic carbocycles. The van der Waals surface area contributed by atoms with Crippen molar-refractivity contribution in [2.75, 3.05) is 19.7 Å². The number of ether oxygens (including phenoxy) is 1. The SMILES string of the molecule is O=C(O)c1ccccc1-c1ccc(CN2CCOC(c3ccccn3)C2)o1. The predicted octanol–water partition coefficient (Wildman–Crippen LogP) is 3.61. The van der Waals surface area contributed by atoms with E-state index in [1.165, 1.54) is 0 Å². The third-order valence-corrected chi connectivity index (χ3v) is 4.63. The molecular weight excluding hydrogens is 344 g/mol. The summed E-state index contributed by atoms with van der Waals surface area (Å²) in [6.07, 6.45) is 1.72. The van der Waals surface area contributed by atoms with E-state index >= 15 is 0 Å². The Hall–Kier alpha value is -2.96. The van der Waals surface area contributed by atoms with E-state index in [4.69, 9.17) is 9.15 Å². The van der Waals surface area contributed by atoms with Crippen LogP contribution < -0.4 is 0 Å². The fourth-order valence-corrected chi connectivity index (χ4v) is 3.30. The summed E-state index contributed by atoms with van der Waals surface area (Å²) < 4.78 is 11.8. The van der Waals surface area contributed by atoms with Gasteiger partial charge in [0.05, 0.1) is 24.4 Å². The molecule has 2 aromatic heterocycles. The minimum atomic E-state index is -0.963. The molecule has 1 unspecified atom stereocenters. The lowest BCUT2D eigenvalue weighted by Gasteiger charge is -2.32. The molecule has 4 rings (SSSR count). The van der Waals surface area contributed by atoms with Crippen molar-refractivity contribution in [2.24, 2.45) is 0 Å². The number of furan rings is 1. The number of hydrogen-bond donors (Lipinski definition) is 1. The molecule has 0 aliphatic carbocycles. The molecule has 1 N–H and O–H groups in total. The summed E-state index contributed by atoms with van der Waals surface area (Å²) in [5.41, 5.74) is 1.75. The fraction of sp³-hybridized carbons (Fsp3) is 0.238. The lowest BCUT2D eigenvalue weighted by Crippen LogP contribution is -2.38. The van der Waals surface area contributed by atoms with E-state index in [0.717, 1.165) is 24.5 Å². The number of aromatic nitrogens is 1. The maximum atomic E-state index is 11.4. The van der Waals surface area contributed by atoms with Crippen LogP contribution >= 0.6 is 0 Å². The van der Waals surface area contributed by atoms with Gasteiger partial charge in [-0.25, -0.2) is 4.79 Å². The second kappa shape index (κ2) is 7.73. The predicted molar refractivity (Wildman–Crippen MR) is 99.3 cm³/mol. The van der Waals surface area contributed by atoms with Gasteiger partial charge >= 0.3 is 5.97 Å². The Balaban J connectivity index is 1.48. The molecule has 1 fully saturated rings. The van der Waals surface area contributed by atoms with Crippen molar-refractivity contribution in [3.05, 3.63) is 77.8 Å². The summed E-state index contributed by atoms with van der Waals surface area (Å²) in [6, 6.07) is 16.4. The zero-order chi connectivity index (χ0) is 18.6. The molecule has 6 nitrogen and oxygen atoms in total. The minimum Gasteiger partial charge on any atom is -0.478 e. The van der Waals surface area contributed by atoms with Crippen LogP contribution in [0.2, 0.25) is 0 Å². The highest BCUT2D eigenvalue weighted by Crippen LogP contribution is 2.27. The highest BCUT2D eigenvalue weighted by Gasteiger charge is 2.24. The Labute approximate surface area is 157 Å². The van der Waals surface area contributed by atoms with Crippen LogP contribution in [0.3, 0.4) is 0 Å². The molecule has 6 heteroatoms. The Morgan fingerprint density at radius 1 is 1.15 bits per heavy atom. The topological polar surface area (TPSA) is 75.8 Å². The normalized spacial score (nSPS) is 17.7. The van der Waals surface area contributed by atoms with E-state index in [0.29, 0.717) is 24.5 Å². The van der Waals surface area contributed by atoms with Gasteiger partial charge in [-0.15, -0.1) is 0 Å². The van der Waals surface area contributed by atoms with Crippen molar-refractivity contribution in [1.29, 1.82) is 0 Å². The van der Waals surface area contributed by atoms with Crippen molar-refractivity contribution < 1.29 is 19.1 Å². The summed E-state index contributed by atoms with van der Waals surface area (Å²) in [5.74, 6) is 0.402. The fourth-order valence-electron chi connectivity index (χ4n) is 3.30. The smallest absolute Gasteiger partial charge is 0.336 e. The van der Waals surface area contributed by atoms with E-state index in [2.05, 4.69) is 9.88 Å². The Morgan fingerprint density at radius 2 is 2.00 bits per heavy atom. The maximum absolute atomic E-state index is 11.4. The molecule has 1 saturated heterocycles. The number of morpholine rings is 1. The molecule has 138 valence electrons. The highest BCUT2D eigenvalue weighted by atomic mass is 16.5. The molecule has 3 aromatic rings. The van der Waals surface area contributed by atoms with Gasteiger partial charge in [-0.05, 0) is 30.3 Å². The number of carboxylic acids is 1. The highest BCUT2D eigenvalue weighted by molar-refractivity contribution is 5.95. The third kappa shape index (κ3) is 3.92. The number of nitrogens with zero attached hydrogens (tertiary/aromatic N) is 2. The van der Waals surface area contributed by atoms with Crippen LogP contribution in [-0.2, 0) is 11.3 Å². The molecule has 0 radical (unpaired) electrons. The zero-order valence-corrected chi connectivity index (χ0v) is 14.7. The van der Waals surface area contributed by atoms with Crippen molar-refractivity contribution in [3.63, 3.8) is 0 Å². The number of pyridine rings is 1. The summed E-state index contributed by atoms with van der Waals surface area (Å²) in [5, 5.41) is 9.36. The molecule has 0 saturated carbocycles. The zero-order valence-electron chi connectivity index (χ0n) is 14.7.